The zero-order valence-corrected chi connectivity index (χ0v) is 22.7. The Labute approximate surface area is 205 Å². The van der Waals surface area contributed by atoms with Crippen LogP contribution in [0, 0.1) is 0 Å². The van der Waals surface area contributed by atoms with Crippen molar-refractivity contribution in [2.75, 3.05) is 0 Å². The number of hydrogen-bond donors (Lipinski definition) is 0. The molecular formula is C32H31SiTi. The first kappa shape index (κ1) is 21.8. The van der Waals surface area contributed by atoms with Gasteiger partial charge in [-0.15, -0.1) is 0 Å². The first-order valence-corrected chi connectivity index (χ1v) is 21.8. The fraction of sp³-hybridized carbons (Fsp3) is 0.125. The van der Waals surface area contributed by atoms with E-state index in [9.17, 15) is 0 Å². The molecule has 0 nitrogen and oxygen atoms in total. The van der Waals surface area contributed by atoms with Crippen molar-refractivity contribution in [3.63, 3.8) is 0 Å². The zero-order chi connectivity index (χ0) is 23.2. The molecule has 0 aromatic heterocycles. The van der Waals surface area contributed by atoms with Crippen LogP contribution in [0.2, 0.25) is 10.5 Å². The Balaban J connectivity index is 1.68. The van der Waals surface area contributed by atoms with Gasteiger partial charge in [-0.3, -0.25) is 0 Å². The summed E-state index contributed by atoms with van der Waals surface area (Å²) in [7, 11) is 0. The molecule has 0 amide bonds. The Morgan fingerprint density at radius 3 is 1.32 bits per heavy atom. The van der Waals surface area contributed by atoms with E-state index in [1.54, 1.807) is 21.5 Å². The summed E-state index contributed by atoms with van der Waals surface area (Å²) < 4.78 is 1.01. The second kappa shape index (κ2) is 8.20. The summed E-state index contributed by atoms with van der Waals surface area (Å²) in [4.78, 5) is 0. The number of rotatable bonds is 5. The third-order valence-corrected chi connectivity index (χ3v) is 35.0. The van der Waals surface area contributed by atoms with E-state index in [-0.39, 0.29) is 0 Å². The molecule has 4 aromatic rings. The second-order valence-corrected chi connectivity index (χ2v) is 33.8. The van der Waals surface area contributed by atoms with Gasteiger partial charge in [-0.1, -0.05) is 0 Å². The molecule has 2 unspecified atom stereocenters. The zero-order valence-electron chi connectivity index (χ0n) is 19.9. The van der Waals surface area contributed by atoms with Crippen LogP contribution in [0.15, 0.2) is 121 Å². The van der Waals surface area contributed by atoms with Gasteiger partial charge < -0.3 is 0 Å². The van der Waals surface area contributed by atoms with Gasteiger partial charge in [0.15, 0.2) is 0 Å². The summed E-state index contributed by atoms with van der Waals surface area (Å²) in [5.74, 6) is 0. The summed E-state index contributed by atoms with van der Waals surface area (Å²) in [5, 5.41) is 8.77. The molecule has 4 aromatic carbocycles. The van der Waals surface area contributed by atoms with E-state index in [0.29, 0.717) is 8.45 Å². The molecular weight excluding hydrogens is 460 g/mol. The van der Waals surface area contributed by atoms with E-state index in [1.807, 2.05) is 0 Å². The molecule has 34 heavy (non-hydrogen) atoms. The van der Waals surface area contributed by atoms with Crippen LogP contribution in [-0.2, 0) is 14.6 Å². The van der Waals surface area contributed by atoms with Gasteiger partial charge >= 0.3 is 206 Å². The average molecular weight is 492 g/mol. The van der Waals surface area contributed by atoms with Crippen molar-refractivity contribution in [1.82, 2.24) is 0 Å². The van der Waals surface area contributed by atoms with Crippen molar-refractivity contribution in [2.24, 2.45) is 0 Å². The van der Waals surface area contributed by atoms with E-state index in [1.165, 1.54) is 11.1 Å². The molecule has 0 heterocycles. The SMILES string of the molecule is [CH3][Ti]([CH3])([CH]1C=Cc2ccccc21)([CH]1C=Cc2ccccc21)[SiH](c1ccccc1)c1ccccc1. The van der Waals surface area contributed by atoms with Crippen LogP contribution in [0.1, 0.15) is 30.7 Å². The van der Waals surface area contributed by atoms with Gasteiger partial charge in [0, 0.05) is 0 Å². The van der Waals surface area contributed by atoms with Crippen LogP contribution < -0.4 is 10.4 Å². The Morgan fingerprint density at radius 1 is 0.500 bits per heavy atom. The van der Waals surface area contributed by atoms with Gasteiger partial charge in [0.05, 0.1) is 0 Å². The molecule has 0 saturated carbocycles. The van der Waals surface area contributed by atoms with Crippen LogP contribution in [0.25, 0.3) is 12.2 Å². The predicted octanol–water partition coefficient (Wildman–Crippen LogP) is 6.85. The normalized spacial score (nSPS) is 19.6. The molecule has 0 N–H and O–H groups in total. The van der Waals surface area contributed by atoms with Crippen LogP contribution in [-0.4, -0.2) is 6.66 Å². The molecule has 0 spiro atoms. The van der Waals surface area contributed by atoms with Gasteiger partial charge in [-0.2, -0.15) is 0 Å². The van der Waals surface area contributed by atoms with Crippen molar-refractivity contribution in [3.05, 3.63) is 144 Å². The fourth-order valence-electron chi connectivity index (χ4n) is 7.17. The van der Waals surface area contributed by atoms with Crippen LogP contribution >= 0.6 is 0 Å². The monoisotopic (exact) mass is 491 g/mol. The van der Waals surface area contributed by atoms with Crippen molar-refractivity contribution < 1.29 is 14.6 Å². The maximum absolute atomic E-state index is 3.53. The number of hydrogen-bond acceptors (Lipinski definition) is 0. The second-order valence-electron chi connectivity index (χ2n) is 10.9. The Kier molecular flexibility index (Phi) is 5.26. The maximum atomic E-state index is 2.79. The summed E-state index contributed by atoms with van der Waals surface area (Å²) >= 11 is -3.53. The first-order valence-electron chi connectivity index (χ1n) is 12.4. The Bertz CT molecular complexity index is 1300. The first-order chi connectivity index (χ1) is 16.6. The summed E-state index contributed by atoms with van der Waals surface area (Å²) in [6, 6.07) is 41.3. The Hall–Kier alpha value is -2.71. The van der Waals surface area contributed by atoms with Crippen molar-refractivity contribution in [2.45, 2.75) is 18.9 Å². The van der Waals surface area contributed by atoms with Gasteiger partial charge in [0.2, 0.25) is 0 Å². The molecule has 2 atom stereocenters. The molecule has 6 rings (SSSR count). The summed E-state index contributed by atoms with van der Waals surface area (Å²) in [6.07, 6.45) is 9.98. The number of fused-ring (bicyclic) bond motifs is 2. The van der Waals surface area contributed by atoms with Gasteiger partial charge in [-0.05, 0) is 0 Å². The molecule has 2 heteroatoms. The topological polar surface area (TPSA) is 0 Å². The van der Waals surface area contributed by atoms with Crippen molar-refractivity contribution in [1.29, 1.82) is 0 Å². The number of benzene rings is 4. The van der Waals surface area contributed by atoms with Crippen LogP contribution in [0.3, 0.4) is 0 Å². The molecule has 2 aliphatic carbocycles. The minimum atomic E-state index is -3.53. The number of allylic oxidation sites excluding steroid dienone is 2. The van der Waals surface area contributed by atoms with Crippen LogP contribution in [0.4, 0.5) is 0 Å². The molecule has 0 saturated heterocycles. The van der Waals surface area contributed by atoms with E-state index in [4.69, 9.17) is 0 Å². The van der Waals surface area contributed by atoms with Gasteiger partial charge in [-0.25, -0.2) is 0 Å². The van der Waals surface area contributed by atoms with Crippen molar-refractivity contribution >= 4 is 29.2 Å². The molecule has 2 aliphatic rings. The fourth-order valence-corrected chi connectivity index (χ4v) is 35.7. The van der Waals surface area contributed by atoms with E-state index < -0.39 is 21.2 Å². The molecule has 167 valence electrons. The van der Waals surface area contributed by atoms with Crippen LogP contribution in [0.5, 0.6) is 0 Å². The molecule has 0 radical (unpaired) electrons. The molecule has 0 aliphatic heterocycles. The van der Waals surface area contributed by atoms with Gasteiger partial charge in [0.25, 0.3) is 0 Å². The summed E-state index contributed by atoms with van der Waals surface area (Å²) in [6.45, 7) is -1.63. The third-order valence-electron chi connectivity index (χ3n) is 8.74. The predicted molar refractivity (Wildman–Crippen MR) is 147 cm³/mol. The summed E-state index contributed by atoms with van der Waals surface area (Å²) in [5.41, 5.74) is 5.92. The Morgan fingerprint density at radius 2 is 0.882 bits per heavy atom. The quantitative estimate of drug-likeness (QED) is 0.268. The standard InChI is InChI=1S/C12H11Si.2C9H7.2CH3.Ti/c1-3-7-11(8-4-1)13-12-9-5-2-6-10-12;2*1-2-5-9-7-3-6-8(9)4-1;;;/h1-10,13H;2*1-7H;2*1H3;. The van der Waals surface area contributed by atoms with E-state index >= 15 is 0 Å². The minimum absolute atomic E-state index is 0.506. The van der Waals surface area contributed by atoms with E-state index in [0.717, 1.165) is 0 Å². The third kappa shape index (κ3) is 3.22. The van der Waals surface area contributed by atoms with E-state index in [2.05, 4.69) is 144 Å². The molecule has 0 fully saturated rings. The average Bonchev–Trinajstić information content (AvgIpc) is 3.51. The van der Waals surface area contributed by atoms with Crippen molar-refractivity contribution in [3.8, 4) is 0 Å². The molecule has 0 bridgehead atoms. The van der Waals surface area contributed by atoms with Gasteiger partial charge in [0.1, 0.15) is 0 Å².